The van der Waals surface area contributed by atoms with Gasteiger partial charge in [-0.2, -0.15) is 0 Å². The van der Waals surface area contributed by atoms with Crippen LogP contribution in [0.15, 0.2) is 30.3 Å². The zero-order valence-corrected chi connectivity index (χ0v) is 17.7. The summed E-state index contributed by atoms with van der Waals surface area (Å²) in [6.45, 7) is 0.965. The Morgan fingerprint density at radius 3 is 2.00 bits per heavy atom. The third-order valence-electron chi connectivity index (χ3n) is 5.97. The molecule has 156 valence electrons. The van der Waals surface area contributed by atoms with E-state index in [0.717, 1.165) is 25.0 Å². The van der Waals surface area contributed by atoms with E-state index < -0.39 is 0 Å². The quantitative estimate of drug-likeness (QED) is 0.279. The molecule has 0 amide bonds. The molecule has 0 saturated heterocycles. The third kappa shape index (κ3) is 10.4. The summed E-state index contributed by atoms with van der Waals surface area (Å²) in [4.78, 5) is 11.2. The van der Waals surface area contributed by atoms with Crippen LogP contribution in [0.3, 0.4) is 0 Å². The highest BCUT2D eigenvalue weighted by atomic mass is 16.5. The summed E-state index contributed by atoms with van der Waals surface area (Å²) in [5, 5.41) is 0. The van der Waals surface area contributed by atoms with E-state index in [4.69, 9.17) is 4.74 Å². The predicted octanol–water partition coefficient (Wildman–Crippen LogP) is 7.33. The Morgan fingerprint density at radius 1 is 0.821 bits per heavy atom. The first-order valence-electron chi connectivity index (χ1n) is 11.8. The molecule has 1 aliphatic rings. The minimum absolute atomic E-state index is 0.0402. The van der Waals surface area contributed by atoms with Crippen LogP contribution in [0.4, 0.5) is 0 Å². The molecule has 0 aromatic heterocycles. The number of unbranched alkanes of at least 4 members (excludes halogenated alkanes) is 9. The highest BCUT2D eigenvalue weighted by Gasteiger charge is 2.13. The van der Waals surface area contributed by atoms with E-state index in [2.05, 4.69) is 12.7 Å². The SMILES string of the molecule is O=[C]C(CCCCCCCCCCCCOC1CC[CH]CC1)c1ccccc1. The minimum atomic E-state index is -0.0402. The molecule has 0 bridgehead atoms. The standard InChI is InChI=1S/C26H40O2/c27-23-25(24-17-12-9-13-18-24)19-11-7-5-3-1-2-4-6-8-16-22-28-26-20-14-10-15-21-26/h9-10,12-13,17-18,25-26H,1-8,11,14-16,19-22H2. The maximum atomic E-state index is 11.2. The average molecular weight is 385 g/mol. The van der Waals surface area contributed by atoms with Crippen LogP contribution in [0.1, 0.15) is 108 Å². The fraction of sp³-hybridized carbons (Fsp3) is 0.692. The van der Waals surface area contributed by atoms with Gasteiger partial charge >= 0.3 is 0 Å². The van der Waals surface area contributed by atoms with Crippen LogP contribution >= 0.6 is 0 Å². The van der Waals surface area contributed by atoms with Gasteiger partial charge in [-0.3, -0.25) is 4.79 Å². The van der Waals surface area contributed by atoms with E-state index in [-0.39, 0.29) is 5.92 Å². The van der Waals surface area contributed by atoms with Crippen molar-refractivity contribution in [1.82, 2.24) is 0 Å². The van der Waals surface area contributed by atoms with Crippen LogP contribution < -0.4 is 0 Å². The van der Waals surface area contributed by atoms with Gasteiger partial charge in [0.15, 0.2) is 0 Å². The van der Waals surface area contributed by atoms with E-state index in [0.29, 0.717) is 6.10 Å². The zero-order valence-electron chi connectivity index (χ0n) is 17.7. The van der Waals surface area contributed by atoms with Gasteiger partial charge in [0, 0.05) is 6.61 Å². The molecule has 0 N–H and O–H groups in total. The molecule has 0 spiro atoms. The molecule has 1 aliphatic carbocycles. The summed E-state index contributed by atoms with van der Waals surface area (Å²) in [6, 6.07) is 10.1. The zero-order chi connectivity index (χ0) is 19.7. The van der Waals surface area contributed by atoms with Crippen molar-refractivity contribution in [3.8, 4) is 0 Å². The Hall–Kier alpha value is -1.15. The van der Waals surface area contributed by atoms with E-state index in [1.165, 1.54) is 83.5 Å². The van der Waals surface area contributed by atoms with Crippen LogP contribution in [-0.4, -0.2) is 19.0 Å². The van der Waals surface area contributed by atoms with Gasteiger partial charge in [0.2, 0.25) is 6.29 Å². The second-order valence-corrected chi connectivity index (χ2v) is 8.34. The summed E-state index contributed by atoms with van der Waals surface area (Å²) >= 11 is 0. The van der Waals surface area contributed by atoms with Crippen molar-refractivity contribution < 1.29 is 9.53 Å². The molecule has 2 rings (SSSR count). The average Bonchev–Trinajstić information content (AvgIpc) is 2.75. The van der Waals surface area contributed by atoms with Gasteiger partial charge in [0.25, 0.3) is 0 Å². The second-order valence-electron chi connectivity index (χ2n) is 8.34. The van der Waals surface area contributed by atoms with Gasteiger partial charge in [0.05, 0.1) is 12.0 Å². The minimum Gasteiger partial charge on any atom is -0.378 e. The van der Waals surface area contributed by atoms with Crippen molar-refractivity contribution in [2.45, 2.75) is 108 Å². The number of benzene rings is 1. The first kappa shape index (κ1) is 23.1. The lowest BCUT2D eigenvalue weighted by atomic mass is 9.94. The molecule has 28 heavy (non-hydrogen) atoms. The lowest BCUT2D eigenvalue weighted by molar-refractivity contribution is 0.0326. The van der Waals surface area contributed by atoms with Crippen LogP contribution in [0.2, 0.25) is 0 Å². The Kier molecular flexibility index (Phi) is 13.0. The van der Waals surface area contributed by atoms with Gasteiger partial charge in [-0.1, -0.05) is 88.1 Å². The normalized spacial score (nSPS) is 16.1. The van der Waals surface area contributed by atoms with Crippen molar-refractivity contribution in [2.24, 2.45) is 0 Å². The van der Waals surface area contributed by atoms with Gasteiger partial charge in [0.1, 0.15) is 0 Å². The molecule has 1 aromatic carbocycles. The molecule has 1 fully saturated rings. The molecule has 1 saturated carbocycles. The van der Waals surface area contributed by atoms with E-state index in [1.807, 2.05) is 30.3 Å². The Morgan fingerprint density at radius 2 is 1.39 bits per heavy atom. The molecule has 2 radical (unpaired) electrons. The maximum absolute atomic E-state index is 11.2. The molecular weight excluding hydrogens is 344 g/mol. The largest absolute Gasteiger partial charge is 0.378 e. The monoisotopic (exact) mass is 384 g/mol. The number of ether oxygens (including phenoxy) is 1. The smallest absolute Gasteiger partial charge is 0.206 e. The predicted molar refractivity (Wildman–Crippen MR) is 118 cm³/mol. The molecule has 1 unspecified atom stereocenters. The first-order valence-corrected chi connectivity index (χ1v) is 11.8. The fourth-order valence-electron chi connectivity index (χ4n) is 4.16. The van der Waals surface area contributed by atoms with Crippen LogP contribution in [0.5, 0.6) is 0 Å². The maximum Gasteiger partial charge on any atom is 0.206 e. The Bertz CT molecular complexity index is 478. The highest BCUT2D eigenvalue weighted by molar-refractivity contribution is 5.62. The van der Waals surface area contributed by atoms with Gasteiger partial charge in [-0.25, -0.2) is 0 Å². The molecule has 1 aromatic rings. The third-order valence-corrected chi connectivity index (χ3v) is 5.97. The Labute approximate surface area is 173 Å². The summed E-state index contributed by atoms with van der Waals surface area (Å²) < 4.78 is 5.97. The molecular formula is C26H40O2. The van der Waals surface area contributed by atoms with Crippen LogP contribution in [-0.2, 0) is 9.53 Å². The van der Waals surface area contributed by atoms with Gasteiger partial charge in [-0.05, 0) is 50.5 Å². The lowest BCUT2D eigenvalue weighted by Crippen LogP contribution is -2.17. The molecule has 1 atom stereocenters. The lowest BCUT2D eigenvalue weighted by Gasteiger charge is -2.21. The van der Waals surface area contributed by atoms with E-state index in [9.17, 15) is 4.79 Å². The van der Waals surface area contributed by atoms with Crippen molar-refractivity contribution >= 4 is 6.29 Å². The van der Waals surface area contributed by atoms with Crippen molar-refractivity contribution in [1.29, 1.82) is 0 Å². The van der Waals surface area contributed by atoms with E-state index >= 15 is 0 Å². The van der Waals surface area contributed by atoms with E-state index in [1.54, 1.807) is 0 Å². The Balaban J connectivity index is 1.32. The summed E-state index contributed by atoms with van der Waals surface area (Å²) in [7, 11) is 0. The molecule has 2 nitrogen and oxygen atoms in total. The van der Waals surface area contributed by atoms with Gasteiger partial charge in [-0.15, -0.1) is 0 Å². The fourth-order valence-corrected chi connectivity index (χ4v) is 4.16. The number of carbonyl (C=O) groups excluding carboxylic acids is 1. The second kappa shape index (κ2) is 15.7. The molecule has 0 aliphatic heterocycles. The molecule has 2 heteroatoms. The van der Waals surface area contributed by atoms with Crippen molar-refractivity contribution in [3.05, 3.63) is 42.3 Å². The van der Waals surface area contributed by atoms with Crippen LogP contribution in [0, 0.1) is 6.42 Å². The number of rotatable bonds is 16. The van der Waals surface area contributed by atoms with Crippen molar-refractivity contribution in [3.63, 3.8) is 0 Å². The number of hydrogen-bond donors (Lipinski definition) is 0. The summed E-state index contributed by atoms with van der Waals surface area (Å²) in [5.74, 6) is -0.0402. The summed E-state index contributed by atoms with van der Waals surface area (Å²) in [5.41, 5.74) is 1.11. The molecule has 0 heterocycles. The topological polar surface area (TPSA) is 26.3 Å². The number of hydrogen-bond acceptors (Lipinski definition) is 2. The summed E-state index contributed by atoms with van der Waals surface area (Å²) in [6.07, 6.45) is 24.1. The van der Waals surface area contributed by atoms with Crippen molar-refractivity contribution in [2.75, 3.05) is 6.61 Å². The van der Waals surface area contributed by atoms with Gasteiger partial charge < -0.3 is 4.74 Å². The first-order chi connectivity index (χ1) is 13.9. The highest BCUT2D eigenvalue weighted by Crippen LogP contribution is 2.21. The van der Waals surface area contributed by atoms with Crippen LogP contribution in [0.25, 0.3) is 0 Å².